The summed E-state index contributed by atoms with van der Waals surface area (Å²) in [6.07, 6.45) is 1.45. The van der Waals surface area contributed by atoms with Crippen LogP contribution in [0.5, 0.6) is 0 Å². The SMILES string of the molecule is COC(C[n+]1c(-c2ccccc2)cc(-c2ccccc2)cc1-c1ccccn1)OC.F[B-](F)(F)F. The number of methoxy groups -OCH3 is 2. The third kappa shape index (κ3) is 7.73. The lowest BCUT2D eigenvalue weighted by molar-refractivity contribution is -0.690. The van der Waals surface area contributed by atoms with E-state index < -0.39 is 7.25 Å². The van der Waals surface area contributed by atoms with Gasteiger partial charge in [-0.25, -0.2) is 4.98 Å². The number of aromatic nitrogens is 2. The Morgan fingerprint density at radius 1 is 0.714 bits per heavy atom. The van der Waals surface area contributed by atoms with Gasteiger partial charge >= 0.3 is 7.25 Å². The van der Waals surface area contributed by atoms with Gasteiger partial charge < -0.3 is 26.7 Å². The Labute approximate surface area is 201 Å². The third-order valence-electron chi connectivity index (χ3n) is 5.13. The summed E-state index contributed by atoms with van der Waals surface area (Å²) in [5.74, 6) is 0. The molecule has 0 aliphatic carbocycles. The monoisotopic (exact) mass is 484 g/mol. The molecular weight excluding hydrogens is 459 g/mol. The van der Waals surface area contributed by atoms with Gasteiger partial charge in [0.05, 0.1) is 0 Å². The van der Waals surface area contributed by atoms with E-state index in [0.29, 0.717) is 6.54 Å². The summed E-state index contributed by atoms with van der Waals surface area (Å²) in [7, 11) is -2.68. The smallest absolute Gasteiger partial charge is 0.418 e. The van der Waals surface area contributed by atoms with E-state index in [4.69, 9.17) is 9.47 Å². The van der Waals surface area contributed by atoms with Gasteiger partial charge in [-0.15, -0.1) is 0 Å². The van der Waals surface area contributed by atoms with Crippen LogP contribution in [0.3, 0.4) is 0 Å². The number of hydrogen-bond acceptors (Lipinski definition) is 3. The normalized spacial score (nSPS) is 11.2. The van der Waals surface area contributed by atoms with E-state index >= 15 is 0 Å². The van der Waals surface area contributed by atoms with Crippen LogP contribution in [0.4, 0.5) is 17.3 Å². The van der Waals surface area contributed by atoms with Gasteiger partial charge in [0.2, 0.25) is 17.7 Å². The molecule has 35 heavy (non-hydrogen) atoms. The Balaban J connectivity index is 0.000000623. The molecule has 0 aliphatic heterocycles. The van der Waals surface area contributed by atoms with Crippen LogP contribution >= 0.6 is 0 Å². The van der Waals surface area contributed by atoms with Crippen molar-refractivity contribution in [1.82, 2.24) is 4.98 Å². The largest absolute Gasteiger partial charge is 0.673 e. The number of rotatable bonds is 7. The lowest BCUT2D eigenvalue weighted by atomic mass is 10.0. The van der Waals surface area contributed by atoms with Gasteiger partial charge in [0, 0.05) is 38.1 Å². The molecule has 4 aromatic rings. The van der Waals surface area contributed by atoms with Crippen molar-refractivity contribution >= 4 is 7.25 Å². The molecule has 0 N–H and O–H groups in total. The summed E-state index contributed by atoms with van der Waals surface area (Å²) >= 11 is 0. The lowest BCUT2D eigenvalue weighted by Gasteiger charge is -2.16. The summed E-state index contributed by atoms with van der Waals surface area (Å²) in [5, 5.41) is 0. The molecule has 2 aromatic carbocycles. The standard InChI is InChI=1S/C26H25N2O2.BF4/c1-29-26(30-2)19-28-24(21-13-7-4-8-14-21)17-22(20-11-5-3-6-12-20)18-25(28)23-15-9-10-16-27-23;2-1(3,4)5/h3-18,26H,19H2,1-2H3;/q+1;-1. The van der Waals surface area contributed by atoms with Gasteiger partial charge in [-0.1, -0.05) is 54.6 Å². The molecule has 0 saturated heterocycles. The van der Waals surface area contributed by atoms with Gasteiger partial charge in [0.15, 0.2) is 6.54 Å². The van der Waals surface area contributed by atoms with Gasteiger partial charge in [-0.3, -0.25) is 0 Å². The van der Waals surface area contributed by atoms with Crippen molar-refractivity contribution < 1.29 is 31.3 Å². The first-order valence-electron chi connectivity index (χ1n) is 10.8. The molecule has 0 amide bonds. The predicted molar refractivity (Wildman–Crippen MR) is 129 cm³/mol. The van der Waals surface area contributed by atoms with Crippen molar-refractivity contribution in [2.75, 3.05) is 14.2 Å². The average Bonchev–Trinajstić information content (AvgIpc) is 2.87. The summed E-state index contributed by atoms with van der Waals surface area (Å²) in [4.78, 5) is 4.64. The molecule has 4 nitrogen and oxygen atoms in total. The average molecular weight is 484 g/mol. The quantitative estimate of drug-likeness (QED) is 0.134. The van der Waals surface area contributed by atoms with Crippen molar-refractivity contribution in [3.63, 3.8) is 0 Å². The maximum atomic E-state index is 9.75. The molecule has 4 rings (SSSR count). The van der Waals surface area contributed by atoms with Gasteiger partial charge in [-0.2, -0.15) is 4.57 Å². The summed E-state index contributed by atoms with van der Waals surface area (Å²) in [6, 6.07) is 31.2. The first-order chi connectivity index (χ1) is 16.8. The van der Waals surface area contributed by atoms with E-state index in [1.54, 1.807) is 14.2 Å². The Morgan fingerprint density at radius 2 is 1.23 bits per heavy atom. The summed E-state index contributed by atoms with van der Waals surface area (Å²) in [5.41, 5.74) is 6.41. The summed E-state index contributed by atoms with van der Waals surface area (Å²) in [6.45, 7) is 0.540. The number of benzene rings is 2. The second-order valence-corrected chi connectivity index (χ2v) is 7.47. The number of pyridine rings is 2. The molecule has 0 aliphatic rings. The zero-order valence-electron chi connectivity index (χ0n) is 19.3. The van der Waals surface area contributed by atoms with Gasteiger partial charge in [0.25, 0.3) is 0 Å². The van der Waals surface area contributed by atoms with E-state index in [1.165, 1.54) is 0 Å². The third-order valence-corrected chi connectivity index (χ3v) is 5.13. The Bertz CT molecular complexity index is 1120. The van der Waals surface area contributed by atoms with Crippen LogP contribution in [0, 0.1) is 0 Å². The predicted octanol–water partition coefficient (Wildman–Crippen LogP) is 6.29. The number of ether oxygens (including phenoxy) is 2. The molecule has 0 atom stereocenters. The second-order valence-electron chi connectivity index (χ2n) is 7.47. The Morgan fingerprint density at radius 3 is 1.74 bits per heavy atom. The van der Waals surface area contributed by atoms with Crippen molar-refractivity contribution in [2.45, 2.75) is 12.8 Å². The van der Waals surface area contributed by atoms with E-state index in [1.807, 2.05) is 36.5 Å². The highest BCUT2D eigenvalue weighted by molar-refractivity contribution is 6.50. The molecule has 0 fully saturated rings. The van der Waals surface area contributed by atoms with Crippen LogP contribution in [0.2, 0.25) is 0 Å². The molecule has 182 valence electrons. The Kier molecular flexibility index (Phi) is 9.11. The van der Waals surface area contributed by atoms with Crippen molar-refractivity contribution in [1.29, 1.82) is 0 Å². The molecule has 0 spiro atoms. The van der Waals surface area contributed by atoms with Gasteiger partial charge in [0.1, 0.15) is 5.69 Å². The highest BCUT2D eigenvalue weighted by Crippen LogP contribution is 2.28. The lowest BCUT2D eigenvalue weighted by Crippen LogP contribution is -2.45. The van der Waals surface area contributed by atoms with Crippen molar-refractivity contribution in [2.24, 2.45) is 0 Å². The Hall–Kier alpha value is -3.56. The van der Waals surface area contributed by atoms with Gasteiger partial charge in [-0.05, 0) is 35.4 Å². The molecule has 0 unspecified atom stereocenters. The highest BCUT2D eigenvalue weighted by atomic mass is 19.5. The summed E-state index contributed by atoms with van der Waals surface area (Å²) < 4.78 is 52.3. The van der Waals surface area contributed by atoms with Crippen molar-refractivity contribution in [3.8, 4) is 33.8 Å². The maximum Gasteiger partial charge on any atom is 0.673 e. The number of halogens is 4. The topological polar surface area (TPSA) is 35.2 Å². The van der Waals surface area contributed by atoms with E-state index in [2.05, 4.69) is 70.2 Å². The maximum absolute atomic E-state index is 9.75. The first kappa shape index (κ1) is 26.1. The second kappa shape index (κ2) is 12.2. The molecule has 0 bridgehead atoms. The molecule has 9 heteroatoms. The van der Waals surface area contributed by atoms with Crippen LogP contribution in [0.15, 0.2) is 97.2 Å². The minimum Gasteiger partial charge on any atom is -0.418 e. The van der Waals surface area contributed by atoms with Crippen LogP contribution in [-0.2, 0) is 16.0 Å². The van der Waals surface area contributed by atoms with Crippen LogP contribution in [0.1, 0.15) is 0 Å². The fourth-order valence-corrected chi connectivity index (χ4v) is 3.58. The molecule has 0 radical (unpaired) electrons. The van der Waals surface area contributed by atoms with E-state index in [9.17, 15) is 17.3 Å². The zero-order chi connectivity index (χ0) is 25.3. The van der Waals surface area contributed by atoms with E-state index in [-0.39, 0.29) is 6.29 Å². The van der Waals surface area contributed by atoms with Crippen LogP contribution in [0.25, 0.3) is 33.8 Å². The van der Waals surface area contributed by atoms with Crippen LogP contribution < -0.4 is 4.57 Å². The number of hydrogen-bond donors (Lipinski definition) is 0. The fraction of sp³-hybridized carbons (Fsp3) is 0.154. The molecule has 0 saturated carbocycles. The fourth-order valence-electron chi connectivity index (χ4n) is 3.58. The van der Waals surface area contributed by atoms with Crippen LogP contribution in [-0.4, -0.2) is 32.7 Å². The highest BCUT2D eigenvalue weighted by Gasteiger charge is 2.26. The minimum atomic E-state index is -6.00. The molecular formula is C26H25BF4N2O2. The first-order valence-corrected chi connectivity index (χ1v) is 10.8. The zero-order valence-corrected chi connectivity index (χ0v) is 19.3. The molecule has 2 aromatic heterocycles. The van der Waals surface area contributed by atoms with Crippen molar-refractivity contribution in [3.05, 3.63) is 97.2 Å². The minimum absolute atomic E-state index is 0.373. The number of nitrogens with zero attached hydrogens (tertiary/aromatic N) is 2. The molecule has 2 heterocycles. The van der Waals surface area contributed by atoms with E-state index in [0.717, 1.165) is 33.8 Å².